The van der Waals surface area contributed by atoms with Crippen LogP contribution in [0.3, 0.4) is 0 Å². The minimum absolute atomic E-state index is 0.185. The van der Waals surface area contributed by atoms with E-state index < -0.39 is 31.9 Å². The average Bonchev–Trinajstić information content (AvgIpc) is 3.33. The van der Waals surface area contributed by atoms with E-state index in [9.17, 15) is 14.6 Å². The number of hydrogen-bond acceptors (Lipinski definition) is 9. The molecule has 0 spiro atoms. The first kappa shape index (κ1) is 21.7. The van der Waals surface area contributed by atoms with Crippen molar-refractivity contribution in [3.63, 3.8) is 0 Å². The van der Waals surface area contributed by atoms with E-state index in [-0.39, 0.29) is 6.61 Å². The number of rotatable bonds is 9. The van der Waals surface area contributed by atoms with Crippen molar-refractivity contribution in [2.45, 2.75) is 50.4 Å². The van der Waals surface area contributed by atoms with Crippen LogP contribution in [0.4, 0.5) is 5.82 Å². The molecule has 1 aliphatic heterocycles. The third kappa shape index (κ3) is 4.88. The summed E-state index contributed by atoms with van der Waals surface area (Å²) in [5.74, 6) is 0.332. The number of carbonyl (C=O) groups is 1. The Kier molecular flexibility index (Phi) is 6.25. The van der Waals surface area contributed by atoms with Crippen LogP contribution in [0.1, 0.15) is 44.4 Å². The van der Waals surface area contributed by atoms with Crippen LogP contribution < -0.4 is 10.8 Å². The molecule has 0 bridgehead atoms. The van der Waals surface area contributed by atoms with Gasteiger partial charge in [-0.25, -0.2) is 14.6 Å². The summed E-state index contributed by atoms with van der Waals surface area (Å²) < 4.78 is 30.5. The van der Waals surface area contributed by atoms with Crippen LogP contribution in [-0.2, 0) is 23.4 Å². The summed E-state index contributed by atoms with van der Waals surface area (Å²) in [6.45, 7) is 1.77. The summed E-state index contributed by atoms with van der Waals surface area (Å²) in [5.41, 5.74) is 6.03. The molecule has 0 amide bonds. The SMILES string of the molecule is C[C@H](N[PH](=O)OC[C@]1(C#N)CC[C@H](c2ccc3c(N)ncnn23)O1)C(=O)OCC1CC1. The number of nitrogens with zero attached hydrogens (tertiary/aromatic N) is 4. The maximum absolute atomic E-state index is 12.3. The quantitative estimate of drug-likeness (QED) is 0.428. The van der Waals surface area contributed by atoms with Gasteiger partial charge in [0.25, 0.3) is 8.18 Å². The van der Waals surface area contributed by atoms with Gasteiger partial charge in [-0.1, -0.05) is 0 Å². The number of esters is 1. The van der Waals surface area contributed by atoms with E-state index in [1.165, 1.54) is 6.33 Å². The second kappa shape index (κ2) is 8.93. The Hall–Kier alpha value is -2.51. The molecule has 2 fully saturated rings. The van der Waals surface area contributed by atoms with Gasteiger partial charge in [0.2, 0.25) is 0 Å². The van der Waals surface area contributed by atoms with Crippen LogP contribution in [0.15, 0.2) is 18.5 Å². The molecular formula is C19H25N6O5P. The highest BCUT2D eigenvalue weighted by atomic mass is 31.1. The molecule has 0 radical (unpaired) electrons. The van der Waals surface area contributed by atoms with Gasteiger partial charge in [0.15, 0.2) is 11.4 Å². The normalized spacial score (nSPS) is 25.2. The second-order valence-electron chi connectivity index (χ2n) is 7.97. The highest BCUT2D eigenvalue weighted by Crippen LogP contribution is 2.41. The van der Waals surface area contributed by atoms with E-state index in [1.807, 2.05) is 6.07 Å². The first-order valence-electron chi connectivity index (χ1n) is 10.2. The fourth-order valence-electron chi connectivity index (χ4n) is 3.47. The van der Waals surface area contributed by atoms with Crippen molar-refractivity contribution in [2.24, 2.45) is 5.92 Å². The summed E-state index contributed by atoms with van der Waals surface area (Å²) >= 11 is 0. The van der Waals surface area contributed by atoms with E-state index in [0.29, 0.717) is 36.7 Å². The number of hydrogen-bond donors (Lipinski definition) is 2. The highest BCUT2D eigenvalue weighted by Gasteiger charge is 2.43. The van der Waals surface area contributed by atoms with Crippen LogP contribution in [0, 0.1) is 17.2 Å². The Bertz CT molecular complexity index is 1030. The lowest BCUT2D eigenvalue weighted by Gasteiger charge is -2.22. The van der Waals surface area contributed by atoms with Crippen molar-refractivity contribution >= 4 is 25.5 Å². The van der Waals surface area contributed by atoms with Gasteiger partial charge in [-0.3, -0.25) is 9.36 Å². The number of anilines is 1. The average molecular weight is 448 g/mol. The van der Waals surface area contributed by atoms with E-state index in [1.54, 1.807) is 17.5 Å². The zero-order chi connectivity index (χ0) is 22.0. The van der Waals surface area contributed by atoms with Crippen molar-refractivity contribution in [1.29, 1.82) is 5.26 Å². The van der Waals surface area contributed by atoms with Gasteiger partial charge < -0.3 is 19.7 Å². The monoisotopic (exact) mass is 448 g/mol. The molecule has 11 nitrogen and oxygen atoms in total. The van der Waals surface area contributed by atoms with Gasteiger partial charge in [0, 0.05) is 0 Å². The molecule has 1 aliphatic carbocycles. The van der Waals surface area contributed by atoms with Crippen LogP contribution in [0.2, 0.25) is 0 Å². The summed E-state index contributed by atoms with van der Waals surface area (Å²) in [5, 5.41) is 16.5. The predicted molar refractivity (Wildman–Crippen MR) is 110 cm³/mol. The molecule has 31 heavy (non-hydrogen) atoms. The predicted octanol–water partition coefficient (Wildman–Crippen LogP) is 1.76. The van der Waals surface area contributed by atoms with Crippen LogP contribution in [0.25, 0.3) is 5.52 Å². The number of nitrogens with one attached hydrogen (secondary N) is 1. The molecular weight excluding hydrogens is 423 g/mol. The lowest BCUT2D eigenvalue weighted by molar-refractivity contribution is -0.145. The molecule has 2 aromatic rings. The fourth-order valence-corrected chi connectivity index (χ4v) is 4.39. The van der Waals surface area contributed by atoms with Crippen LogP contribution in [-0.4, -0.2) is 45.4 Å². The fraction of sp³-hybridized carbons (Fsp3) is 0.579. The van der Waals surface area contributed by atoms with Crippen molar-refractivity contribution in [3.8, 4) is 6.07 Å². The maximum atomic E-state index is 12.3. The minimum Gasteiger partial charge on any atom is -0.464 e. The minimum atomic E-state index is -2.77. The molecule has 0 aromatic carbocycles. The first-order chi connectivity index (χ1) is 14.9. The van der Waals surface area contributed by atoms with Gasteiger partial charge in [0.05, 0.1) is 18.9 Å². The summed E-state index contributed by atoms with van der Waals surface area (Å²) in [4.78, 5) is 15.9. The van der Waals surface area contributed by atoms with Crippen molar-refractivity contribution in [3.05, 3.63) is 24.2 Å². The Labute approximate surface area is 179 Å². The zero-order valence-electron chi connectivity index (χ0n) is 17.1. The van der Waals surface area contributed by atoms with Gasteiger partial charge in [-0.2, -0.15) is 10.4 Å². The lowest BCUT2D eigenvalue weighted by atomic mass is 10.0. The van der Waals surface area contributed by atoms with Crippen LogP contribution >= 0.6 is 8.18 Å². The van der Waals surface area contributed by atoms with Gasteiger partial charge >= 0.3 is 5.97 Å². The largest absolute Gasteiger partial charge is 0.464 e. The maximum Gasteiger partial charge on any atom is 0.323 e. The van der Waals surface area contributed by atoms with E-state index in [2.05, 4.69) is 21.2 Å². The van der Waals surface area contributed by atoms with Crippen molar-refractivity contribution in [2.75, 3.05) is 18.9 Å². The molecule has 4 rings (SSSR count). The molecule has 1 saturated heterocycles. The number of nitrogens with two attached hydrogens (primary N) is 1. The Morgan fingerprint density at radius 1 is 1.52 bits per heavy atom. The van der Waals surface area contributed by atoms with Gasteiger partial charge in [-0.05, 0) is 50.7 Å². The second-order valence-corrected chi connectivity index (χ2v) is 9.12. The number of aromatic nitrogens is 3. The lowest BCUT2D eigenvalue weighted by Crippen LogP contribution is -2.34. The van der Waals surface area contributed by atoms with Crippen molar-refractivity contribution < 1.29 is 23.4 Å². The Balaban J connectivity index is 1.32. The highest BCUT2D eigenvalue weighted by molar-refractivity contribution is 7.36. The standard InChI is InChI=1S/C19H25N6O5P/c1-12(18(26)28-8-13-2-3-13)24-31(27)29-10-19(9-20)7-6-16(30-19)14-4-5-15-17(21)22-11-23-25(14)15/h4-5,11-13,16,31H,2-3,6-8,10H2,1H3,(H,24,27)(H2,21,22,23)/t12-,16+,19+/m0/s1. The summed E-state index contributed by atoms with van der Waals surface area (Å²) in [7, 11) is -2.77. The molecule has 2 aliphatic rings. The number of fused-ring (bicyclic) bond motifs is 1. The molecule has 4 atom stereocenters. The number of carbonyl (C=O) groups excluding carboxylic acids is 1. The zero-order valence-corrected chi connectivity index (χ0v) is 18.1. The first-order valence-corrected chi connectivity index (χ1v) is 11.5. The molecule has 3 heterocycles. The van der Waals surface area contributed by atoms with Gasteiger partial charge in [-0.15, -0.1) is 0 Å². The van der Waals surface area contributed by atoms with Crippen LogP contribution in [0.5, 0.6) is 0 Å². The molecule has 166 valence electrons. The summed E-state index contributed by atoms with van der Waals surface area (Å²) in [6, 6.07) is 5.00. The van der Waals surface area contributed by atoms with E-state index in [0.717, 1.165) is 18.5 Å². The number of nitrogen functional groups attached to an aromatic ring is 1. The third-order valence-electron chi connectivity index (χ3n) is 5.51. The van der Waals surface area contributed by atoms with E-state index in [4.69, 9.17) is 19.7 Å². The number of ether oxygens (including phenoxy) is 2. The number of nitriles is 1. The molecule has 2 aromatic heterocycles. The molecule has 1 unspecified atom stereocenters. The van der Waals surface area contributed by atoms with Crippen molar-refractivity contribution in [1.82, 2.24) is 19.7 Å². The topological polar surface area (TPSA) is 154 Å². The smallest absolute Gasteiger partial charge is 0.323 e. The molecule has 12 heteroatoms. The Morgan fingerprint density at radius 3 is 3.06 bits per heavy atom. The molecule has 1 saturated carbocycles. The van der Waals surface area contributed by atoms with E-state index >= 15 is 0 Å². The summed E-state index contributed by atoms with van der Waals surface area (Å²) in [6.07, 6.45) is 4.07. The third-order valence-corrected chi connectivity index (χ3v) is 6.58. The van der Waals surface area contributed by atoms with Gasteiger partial charge in [0.1, 0.15) is 30.1 Å². The Morgan fingerprint density at radius 2 is 2.32 bits per heavy atom. The molecule has 3 N–H and O–H groups in total.